The first kappa shape index (κ1) is 13.5. The maximum absolute atomic E-state index is 11.9. The molecule has 0 spiro atoms. The number of aliphatic hydroxyl groups excluding tert-OH is 1. The quantitative estimate of drug-likeness (QED) is 0.574. The summed E-state index contributed by atoms with van der Waals surface area (Å²) in [6.45, 7) is 0.323. The average molecular weight is 264 g/mol. The first-order chi connectivity index (χ1) is 9.08. The van der Waals surface area contributed by atoms with Crippen molar-refractivity contribution in [3.05, 3.63) is 35.4 Å². The molecule has 2 rings (SSSR count). The van der Waals surface area contributed by atoms with Crippen LogP contribution < -0.4 is 10.6 Å². The predicted molar refractivity (Wildman–Crippen MR) is 67.4 cm³/mol. The van der Waals surface area contributed by atoms with Crippen LogP contribution in [0.15, 0.2) is 24.3 Å². The van der Waals surface area contributed by atoms with Gasteiger partial charge in [0.2, 0.25) is 5.91 Å². The van der Waals surface area contributed by atoms with E-state index in [4.69, 9.17) is 10.2 Å². The maximum Gasteiger partial charge on any atom is 0.334 e. The summed E-state index contributed by atoms with van der Waals surface area (Å²) in [5.41, 5.74) is 2.28. The van der Waals surface area contributed by atoms with Gasteiger partial charge in [-0.25, -0.2) is 4.79 Å². The molecule has 1 aliphatic heterocycles. The van der Waals surface area contributed by atoms with E-state index < -0.39 is 18.1 Å². The molecule has 1 aliphatic rings. The highest BCUT2D eigenvalue weighted by Crippen LogP contribution is 2.16. The van der Waals surface area contributed by atoms with Crippen LogP contribution in [0.3, 0.4) is 0 Å². The van der Waals surface area contributed by atoms with E-state index in [0.29, 0.717) is 13.0 Å². The fraction of sp³-hybridized carbons (Fsp3) is 0.385. The summed E-state index contributed by atoms with van der Waals surface area (Å²) in [6, 6.07) is 7.46. The fourth-order valence-corrected chi connectivity index (χ4v) is 2.05. The van der Waals surface area contributed by atoms with Crippen molar-refractivity contribution in [3.8, 4) is 0 Å². The zero-order valence-electron chi connectivity index (χ0n) is 10.3. The second kappa shape index (κ2) is 5.81. The Kier molecular flexibility index (Phi) is 4.13. The molecule has 1 unspecified atom stereocenters. The molecule has 1 aromatic carbocycles. The summed E-state index contributed by atoms with van der Waals surface area (Å²) in [7, 11) is 0. The van der Waals surface area contributed by atoms with E-state index >= 15 is 0 Å². The Bertz CT molecular complexity index is 489. The number of nitrogens with one attached hydrogen (secondary N) is 2. The van der Waals surface area contributed by atoms with Crippen LogP contribution in [0.1, 0.15) is 11.1 Å². The van der Waals surface area contributed by atoms with E-state index in [-0.39, 0.29) is 12.5 Å². The molecule has 1 heterocycles. The monoisotopic (exact) mass is 264 g/mol. The minimum Gasteiger partial charge on any atom is -0.479 e. The highest BCUT2D eigenvalue weighted by molar-refractivity contribution is 5.83. The lowest BCUT2D eigenvalue weighted by atomic mass is 9.95. The number of carboxylic acids is 1. The van der Waals surface area contributed by atoms with Crippen LogP contribution in [-0.4, -0.2) is 40.8 Å². The van der Waals surface area contributed by atoms with Crippen LogP contribution in [0.5, 0.6) is 0 Å². The Hall–Kier alpha value is -1.92. The lowest BCUT2D eigenvalue weighted by molar-refractivity contribution is -0.146. The van der Waals surface area contributed by atoms with E-state index in [9.17, 15) is 9.59 Å². The van der Waals surface area contributed by atoms with Crippen molar-refractivity contribution in [2.24, 2.45) is 0 Å². The van der Waals surface area contributed by atoms with Crippen molar-refractivity contribution >= 4 is 11.9 Å². The zero-order valence-corrected chi connectivity index (χ0v) is 10.3. The third kappa shape index (κ3) is 3.30. The molecule has 19 heavy (non-hydrogen) atoms. The van der Waals surface area contributed by atoms with Crippen molar-refractivity contribution in [1.82, 2.24) is 10.6 Å². The predicted octanol–water partition coefficient (Wildman–Crippen LogP) is -0.737. The van der Waals surface area contributed by atoms with Crippen LogP contribution in [0.4, 0.5) is 0 Å². The van der Waals surface area contributed by atoms with Gasteiger partial charge in [0.15, 0.2) is 6.10 Å². The van der Waals surface area contributed by atoms with Gasteiger partial charge in [0, 0.05) is 6.54 Å². The third-order valence-corrected chi connectivity index (χ3v) is 3.15. The molecule has 1 amide bonds. The van der Waals surface area contributed by atoms with Crippen molar-refractivity contribution < 1.29 is 19.8 Å². The molecule has 2 atom stereocenters. The number of carbonyl (C=O) groups is 2. The topological polar surface area (TPSA) is 98.7 Å². The summed E-state index contributed by atoms with van der Waals surface area (Å²) in [5.74, 6) is -1.64. The average Bonchev–Trinajstić information content (AvgIpc) is 2.43. The number of hydrogen-bond donors (Lipinski definition) is 4. The number of fused-ring (bicyclic) bond motifs is 1. The Morgan fingerprint density at radius 3 is 2.74 bits per heavy atom. The van der Waals surface area contributed by atoms with Gasteiger partial charge in [0.05, 0.1) is 12.6 Å². The molecule has 6 heteroatoms. The maximum atomic E-state index is 11.9. The summed E-state index contributed by atoms with van der Waals surface area (Å²) in [4.78, 5) is 22.3. The van der Waals surface area contributed by atoms with Crippen molar-refractivity contribution in [2.45, 2.75) is 25.1 Å². The number of carboxylic acid groups (broad SMARTS) is 1. The molecule has 1 aromatic rings. The smallest absolute Gasteiger partial charge is 0.334 e. The van der Waals surface area contributed by atoms with Gasteiger partial charge >= 0.3 is 5.97 Å². The molecule has 0 aromatic heterocycles. The van der Waals surface area contributed by atoms with Gasteiger partial charge in [-0.15, -0.1) is 0 Å². The van der Waals surface area contributed by atoms with E-state index in [2.05, 4.69) is 10.6 Å². The van der Waals surface area contributed by atoms with Crippen molar-refractivity contribution in [1.29, 1.82) is 0 Å². The highest BCUT2D eigenvalue weighted by atomic mass is 16.4. The molecule has 0 fully saturated rings. The number of rotatable bonds is 4. The number of aliphatic carboxylic acids is 1. The zero-order chi connectivity index (χ0) is 13.8. The largest absolute Gasteiger partial charge is 0.479 e. The standard InChI is InChI=1S/C13H16N2O4/c16-11(13(18)19)7-15-12(17)10-5-8-3-1-2-4-9(8)6-14-10/h1-4,10-11,14,16H,5-7H2,(H,15,17)(H,18,19)/t10?,11-/m0/s1. The lowest BCUT2D eigenvalue weighted by Gasteiger charge is -2.25. The van der Waals surface area contributed by atoms with Crippen molar-refractivity contribution in [2.75, 3.05) is 6.54 Å². The molecule has 4 N–H and O–H groups in total. The van der Waals surface area contributed by atoms with Gasteiger partial charge < -0.3 is 20.8 Å². The Morgan fingerprint density at radius 1 is 1.37 bits per heavy atom. The number of aliphatic hydroxyl groups is 1. The van der Waals surface area contributed by atoms with Gasteiger partial charge in [-0.2, -0.15) is 0 Å². The first-order valence-corrected chi connectivity index (χ1v) is 6.06. The summed E-state index contributed by atoms with van der Waals surface area (Å²) in [6.07, 6.45) is -1.01. The number of carbonyl (C=O) groups excluding carboxylic acids is 1. The minimum absolute atomic E-state index is 0.284. The van der Waals surface area contributed by atoms with Gasteiger partial charge in [0.25, 0.3) is 0 Å². The first-order valence-electron chi connectivity index (χ1n) is 6.06. The molecular formula is C13H16N2O4. The normalized spacial score (nSPS) is 19.3. The van der Waals surface area contributed by atoms with E-state index in [1.807, 2.05) is 24.3 Å². The van der Waals surface area contributed by atoms with E-state index in [0.717, 1.165) is 11.1 Å². The summed E-state index contributed by atoms with van der Waals surface area (Å²) in [5, 5.41) is 23.1. The molecule has 0 radical (unpaired) electrons. The minimum atomic E-state index is -1.57. The van der Waals surface area contributed by atoms with E-state index in [1.54, 1.807) is 0 Å². The van der Waals surface area contributed by atoms with Gasteiger partial charge in [-0.05, 0) is 17.5 Å². The Balaban J connectivity index is 1.90. The van der Waals surface area contributed by atoms with Crippen LogP contribution in [0.25, 0.3) is 0 Å². The second-order valence-corrected chi connectivity index (χ2v) is 4.51. The lowest BCUT2D eigenvalue weighted by Crippen LogP contribution is -2.49. The fourth-order valence-electron chi connectivity index (χ4n) is 2.05. The van der Waals surface area contributed by atoms with Crippen molar-refractivity contribution in [3.63, 3.8) is 0 Å². The van der Waals surface area contributed by atoms with Crippen LogP contribution >= 0.6 is 0 Å². The van der Waals surface area contributed by atoms with Gasteiger partial charge in [-0.1, -0.05) is 24.3 Å². The van der Waals surface area contributed by atoms with Crippen LogP contribution in [0, 0.1) is 0 Å². The van der Waals surface area contributed by atoms with Crippen LogP contribution in [0.2, 0.25) is 0 Å². The summed E-state index contributed by atoms with van der Waals surface area (Å²) < 4.78 is 0. The third-order valence-electron chi connectivity index (χ3n) is 3.15. The highest BCUT2D eigenvalue weighted by Gasteiger charge is 2.24. The number of benzene rings is 1. The molecule has 0 saturated carbocycles. The van der Waals surface area contributed by atoms with E-state index in [1.165, 1.54) is 0 Å². The molecule has 0 aliphatic carbocycles. The second-order valence-electron chi connectivity index (χ2n) is 4.51. The summed E-state index contributed by atoms with van der Waals surface area (Å²) >= 11 is 0. The SMILES string of the molecule is O=C(NC[C@H](O)C(=O)O)C1Cc2ccccc2CN1. The van der Waals surface area contributed by atoms with Gasteiger partial charge in [0.1, 0.15) is 0 Å². The van der Waals surface area contributed by atoms with Crippen LogP contribution in [-0.2, 0) is 22.6 Å². The molecule has 0 bridgehead atoms. The Morgan fingerprint density at radius 2 is 2.05 bits per heavy atom. The molecular weight excluding hydrogens is 248 g/mol. The number of hydrogen-bond acceptors (Lipinski definition) is 4. The molecule has 0 saturated heterocycles. The molecule has 102 valence electrons. The molecule has 6 nitrogen and oxygen atoms in total. The Labute approximate surface area is 110 Å². The van der Waals surface area contributed by atoms with Gasteiger partial charge in [-0.3, -0.25) is 4.79 Å². The number of amides is 1.